The van der Waals surface area contributed by atoms with Crippen LogP contribution < -0.4 is 15.0 Å². The zero-order valence-corrected chi connectivity index (χ0v) is 20.0. The quantitative estimate of drug-likeness (QED) is 0.441. The van der Waals surface area contributed by atoms with Crippen LogP contribution in [0.3, 0.4) is 0 Å². The van der Waals surface area contributed by atoms with E-state index in [0.29, 0.717) is 11.8 Å². The lowest BCUT2D eigenvalue weighted by atomic mass is 10.1. The van der Waals surface area contributed by atoms with Crippen molar-refractivity contribution in [1.82, 2.24) is 19.5 Å². The molecule has 0 unspecified atom stereocenters. The van der Waals surface area contributed by atoms with Crippen molar-refractivity contribution in [1.29, 1.82) is 0 Å². The van der Waals surface area contributed by atoms with E-state index in [1.54, 1.807) is 13.4 Å². The van der Waals surface area contributed by atoms with Gasteiger partial charge in [-0.25, -0.2) is 9.97 Å². The minimum Gasteiger partial charge on any atom is -0.496 e. The first-order valence-corrected chi connectivity index (χ1v) is 11.6. The van der Waals surface area contributed by atoms with Crippen LogP contribution in [0.2, 0.25) is 0 Å². The van der Waals surface area contributed by atoms with Gasteiger partial charge in [0.2, 0.25) is 5.95 Å². The molecule has 5 rings (SSSR count). The van der Waals surface area contributed by atoms with Gasteiger partial charge in [-0.2, -0.15) is 4.98 Å². The van der Waals surface area contributed by atoms with Crippen molar-refractivity contribution >= 4 is 28.5 Å². The van der Waals surface area contributed by atoms with Crippen LogP contribution in [0, 0.1) is 20.8 Å². The maximum Gasteiger partial charge on any atom is 0.230 e. The number of benzene rings is 2. The number of nitrogens with zero attached hydrogens (tertiary/aromatic N) is 5. The van der Waals surface area contributed by atoms with Crippen molar-refractivity contribution in [3.8, 4) is 11.4 Å². The highest BCUT2D eigenvalue weighted by Gasteiger charge is 2.27. The third-order valence-electron chi connectivity index (χ3n) is 6.64. The summed E-state index contributed by atoms with van der Waals surface area (Å²) in [7, 11) is 1.69. The number of aromatic nitrogens is 4. The smallest absolute Gasteiger partial charge is 0.230 e. The number of anilines is 3. The van der Waals surface area contributed by atoms with Crippen molar-refractivity contribution in [2.45, 2.75) is 39.7 Å². The number of aryl methyl sites for hydroxylation is 2. The Morgan fingerprint density at radius 3 is 2.79 bits per heavy atom. The fourth-order valence-corrected chi connectivity index (χ4v) is 4.61. The van der Waals surface area contributed by atoms with Crippen molar-refractivity contribution in [3.63, 3.8) is 0 Å². The molecule has 1 fully saturated rings. The molecule has 0 radical (unpaired) electrons. The van der Waals surface area contributed by atoms with E-state index in [-0.39, 0.29) is 12.6 Å². The van der Waals surface area contributed by atoms with E-state index in [1.165, 1.54) is 0 Å². The van der Waals surface area contributed by atoms with E-state index in [0.717, 1.165) is 64.2 Å². The number of aliphatic hydroxyl groups is 1. The molecule has 1 saturated heterocycles. The molecule has 0 bridgehead atoms. The average molecular weight is 459 g/mol. The van der Waals surface area contributed by atoms with Gasteiger partial charge in [-0.05, 0) is 68.5 Å². The fourth-order valence-electron chi connectivity index (χ4n) is 4.61. The van der Waals surface area contributed by atoms with E-state index >= 15 is 0 Å². The standard InChI is InChI=1S/C26H30N6O2/c1-16-7-8-21-22(10-16)28-26(30-25(21)32-9-5-6-19(32)14-33)29-24-13-31(15-27-24)20-11-17(2)18(3)23(12-20)34-4/h7-8,10-13,15,19,33H,5-6,9,14H2,1-4H3,(H,28,29,30)/t19-/m0/s1. The van der Waals surface area contributed by atoms with Crippen molar-refractivity contribution < 1.29 is 9.84 Å². The van der Waals surface area contributed by atoms with Gasteiger partial charge in [-0.15, -0.1) is 0 Å². The number of hydrogen-bond acceptors (Lipinski definition) is 7. The lowest BCUT2D eigenvalue weighted by Crippen LogP contribution is -2.33. The summed E-state index contributed by atoms with van der Waals surface area (Å²) in [5, 5.41) is 14.2. The molecule has 176 valence electrons. The molecule has 0 amide bonds. The largest absolute Gasteiger partial charge is 0.496 e. The van der Waals surface area contributed by atoms with E-state index in [1.807, 2.05) is 16.8 Å². The molecule has 1 aliphatic heterocycles. The number of imidazole rings is 1. The topological polar surface area (TPSA) is 88.3 Å². The van der Waals surface area contributed by atoms with Crippen LogP contribution >= 0.6 is 0 Å². The van der Waals surface area contributed by atoms with Gasteiger partial charge in [-0.1, -0.05) is 6.07 Å². The number of rotatable bonds is 6. The molecular formula is C26H30N6O2. The van der Waals surface area contributed by atoms with Gasteiger partial charge in [0.15, 0.2) is 5.82 Å². The first kappa shape index (κ1) is 22.2. The third kappa shape index (κ3) is 4.05. The molecule has 2 aromatic carbocycles. The summed E-state index contributed by atoms with van der Waals surface area (Å²) < 4.78 is 7.48. The van der Waals surface area contributed by atoms with Crippen LogP contribution in [0.4, 0.5) is 17.6 Å². The van der Waals surface area contributed by atoms with E-state index in [2.05, 4.69) is 60.2 Å². The first-order valence-electron chi connectivity index (χ1n) is 11.6. The Morgan fingerprint density at radius 1 is 1.15 bits per heavy atom. The minimum atomic E-state index is 0.0752. The Balaban J connectivity index is 1.50. The molecule has 8 heteroatoms. The Bertz CT molecular complexity index is 1350. The summed E-state index contributed by atoms with van der Waals surface area (Å²) in [4.78, 5) is 16.4. The summed E-state index contributed by atoms with van der Waals surface area (Å²) in [6, 6.07) is 10.4. The number of hydrogen-bond donors (Lipinski definition) is 2. The average Bonchev–Trinajstić information content (AvgIpc) is 3.49. The van der Waals surface area contributed by atoms with Gasteiger partial charge in [0.25, 0.3) is 0 Å². The van der Waals surface area contributed by atoms with Gasteiger partial charge < -0.3 is 24.6 Å². The van der Waals surface area contributed by atoms with Crippen molar-refractivity contribution in [2.24, 2.45) is 0 Å². The minimum absolute atomic E-state index is 0.0752. The Hall–Kier alpha value is -3.65. The predicted molar refractivity (Wildman–Crippen MR) is 135 cm³/mol. The molecule has 0 spiro atoms. The van der Waals surface area contributed by atoms with Crippen LogP contribution in [-0.4, -0.2) is 50.9 Å². The van der Waals surface area contributed by atoms with Gasteiger partial charge in [0.1, 0.15) is 17.9 Å². The number of methoxy groups -OCH3 is 1. The van der Waals surface area contributed by atoms with Crippen LogP contribution in [0.5, 0.6) is 5.75 Å². The molecule has 0 aliphatic carbocycles. The second-order valence-corrected chi connectivity index (χ2v) is 8.94. The second-order valence-electron chi connectivity index (χ2n) is 8.94. The maximum atomic E-state index is 9.88. The molecule has 2 N–H and O–H groups in total. The highest BCUT2D eigenvalue weighted by molar-refractivity contribution is 5.91. The summed E-state index contributed by atoms with van der Waals surface area (Å²) in [6.45, 7) is 7.16. The van der Waals surface area contributed by atoms with Gasteiger partial charge in [-0.3, -0.25) is 0 Å². The van der Waals surface area contributed by atoms with Gasteiger partial charge in [0.05, 0.1) is 37.2 Å². The molecule has 3 heterocycles. The molecular weight excluding hydrogens is 428 g/mol. The molecule has 0 saturated carbocycles. The number of nitrogens with one attached hydrogen (secondary N) is 1. The molecule has 2 aromatic heterocycles. The number of fused-ring (bicyclic) bond motifs is 1. The number of aliphatic hydroxyl groups excluding tert-OH is 1. The highest BCUT2D eigenvalue weighted by Crippen LogP contribution is 2.32. The summed E-state index contributed by atoms with van der Waals surface area (Å²) in [5.41, 5.74) is 5.25. The van der Waals surface area contributed by atoms with Crippen LogP contribution in [0.1, 0.15) is 29.5 Å². The van der Waals surface area contributed by atoms with Gasteiger partial charge in [0, 0.05) is 18.0 Å². The second kappa shape index (κ2) is 8.95. The Kier molecular flexibility index (Phi) is 5.83. The van der Waals surface area contributed by atoms with Crippen molar-refractivity contribution in [2.75, 3.05) is 30.5 Å². The summed E-state index contributed by atoms with van der Waals surface area (Å²) in [5.74, 6) is 2.83. The molecule has 8 nitrogen and oxygen atoms in total. The monoisotopic (exact) mass is 458 g/mol. The highest BCUT2D eigenvalue weighted by atomic mass is 16.5. The zero-order valence-electron chi connectivity index (χ0n) is 20.0. The van der Waals surface area contributed by atoms with E-state index in [4.69, 9.17) is 14.7 Å². The molecule has 34 heavy (non-hydrogen) atoms. The summed E-state index contributed by atoms with van der Waals surface area (Å²) in [6.07, 6.45) is 5.68. The lowest BCUT2D eigenvalue weighted by Gasteiger charge is -2.25. The molecule has 1 atom stereocenters. The van der Waals surface area contributed by atoms with Crippen LogP contribution in [-0.2, 0) is 0 Å². The zero-order chi connectivity index (χ0) is 23.8. The number of ether oxygens (including phenoxy) is 1. The summed E-state index contributed by atoms with van der Waals surface area (Å²) >= 11 is 0. The van der Waals surface area contributed by atoms with Crippen LogP contribution in [0.25, 0.3) is 16.6 Å². The van der Waals surface area contributed by atoms with Crippen molar-refractivity contribution in [3.05, 3.63) is 59.5 Å². The fraction of sp³-hybridized carbons (Fsp3) is 0.346. The molecule has 1 aliphatic rings. The first-order chi connectivity index (χ1) is 16.5. The lowest BCUT2D eigenvalue weighted by molar-refractivity contribution is 0.266. The normalized spacial score (nSPS) is 15.8. The Morgan fingerprint density at radius 2 is 2.00 bits per heavy atom. The van der Waals surface area contributed by atoms with Gasteiger partial charge >= 0.3 is 0 Å². The van der Waals surface area contributed by atoms with Crippen LogP contribution in [0.15, 0.2) is 42.9 Å². The SMILES string of the molecule is COc1cc(-n2cnc(Nc3nc(N4CCC[C@H]4CO)c4ccc(C)cc4n3)c2)cc(C)c1C. The Labute approximate surface area is 199 Å². The molecule has 4 aromatic rings. The third-order valence-corrected chi connectivity index (χ3v) is 6.64. The van der Waals surface area contributed by atoms with E-state index in [9.17, 15) is 5.11 Å². The predicted octanol–water partition coefficient (Wildman–Crippen LogP) is 4.45. The van der Waals surface area contributed by atoms with E-state index < -0.39 is 0 Å². The maximum absolute atomic E-state index is 9.88.